The molecule has 0 saturated carbocycles. The second kappa shape index (κ2) is 11.6. The number of aliphatic hydroxyl groups excluding tert-OH is 3. The molecule has 1 aliphatic rings. The lowest BCUT2D eigenvalue weighted by Gasteiger charge is -2.17. The molecule has 1 heterocycles. The van der Waals surface area contributed by atoms with E-state index in [-0.39, 0.29) is 12.5 Å². The number of ether oxygens (including phenoxy) is 1. The van der Waals surface area contributed by atoms with Gasteiger partial charge >= 0.3 is 5.97 Å². The molecule has 140 valence electrons. The fourth-order valence-electron chi connectivity index (χ4n) is 2.90. The minimum Gasteiger partial charge on any atom is -0.481 e. The standard InChI is InChI=1S/C18H32O6/c1-2-13(19)10-11-14(20)17-12-15(21)16(24-17)8-6-4-3-5-7-9-18(22)23/h10-11,13-17,19-21H,2-9,12H2,1H3,(H,22,23)/b11-10+/t13-,14+,15+,16+,17-/m0/s1. The number of unbranched alkanes of at least 4 members (excludes halogenated alkanes) is 4. The molecule has 1 saturated heterocycles. The number of hydrogen-bond acceptors (Lipinski definition) is 5. The van der Waals surface area contributed by atoms with Crippen LogP contribution in [-0.2, 0) is 9.53 Å². The average Bonchev–Trinajstić information content (AvgIpc) is 2.92. The van der Waals surface area contributed by atoms with Crippen molar-refractivity contribution < 1.29 is 30.0 Å². The van der Waals surface area contributed by atoms with Gasteiger partial charge in [0.05, 0.1) is 30.5 Å². The van der Waals surface area contributed by atoms with Crippen LogP contribution in [0.1, 0.15) is 64.7 Å². The number of carboxylic acid groups (broad SMARTS) is 1. The normalized spacial score (nSPS) is 26.8. The zero-order valence-electron chi connectivity index (χ0n) is 14.5. The maximum absolute atomic E-state index is 10.4. The summed E-state index contributed by atoms with van der Waals surface area (Å²) in [4.78, 5) is 10.4. The van der Waals surface area contributed by atoms with Crippen LogP contribution in [0.4, 0.5) is 0 Å². The highest BCUT2D eigenvalue weighted by molar-refractivity contribution is 5.66. The highest BCUT2D eigenvalue weighted by Gasteiger charge is 2.36. The molecule has 0 spiro atoms. The molecule has 0 unspecified atom stereocenters. The molecule has 0 amide bonds. The van der Waals surface area contributed by atoms with Crippen LogP contribution in [0.2, 0.25) is 0 Å². The van der Waals surface area contributed by atoms with E-state index in [4.69, 9.17) is 9.84 Å². The third kappa shape index (κ3) is 8.24. The van der Waals surface area contributed by atoms with Gasteiger partial charge in [-0.05, 0) is 19.3 Å². The van der Waals surface area contributed by atoms with Crippen molar-refractivity contribution in [2.45, 2.75) is 95.2 Å². The van der Waals surface area contributed by atoms with Crippen LogP contribution in [-0.4, -0.2) is 56.9 Å². The molecule has 0 radical (unpaired) electrons. The van der Waals surface area contributed by atoms with Crippen LogP contribution in [0.3, 0.4) is 0 Å². The van der Waals surface area contributed by atoms with Gasteiger partial charge in [0.1, 0.15) is 0 Å². The number of hydrogen-bond donors (Lipinski definition) is 4. The summed E-state index contributed by atoms with van der Waals surface area (Å²) < 4.78 is 5.75. The fourth-order valence-corrected chi connectivity index (χ4v) is 2.90. The first-order chi connectivity index (χ1) is 11.4. The summed E-state index contributed by atoms with van der Waals surface area (Å²) in [5.74, 6) is -0.748. The zero-order valence-corrected chi connectivity index (χ0v) is 14.5. The minimum atomic E-state index is -0.818. The van der Waals surface area contributed by atoms with Gasteiger partial charge in [0.15, 0.2) is 0 Å². The zero-order chi connectivity index (χ0) is 17.9. The summed E-state index contributed by atoms with van der Waals surface area (Å²) in [5, 5.41) is 38.1. The lowest BCUT2D eigenvalue weighted by molar-refractivity contribution is -0.137. The Kier molecular flexibility index (Phi) is 10.2. The van der Waals surface area contributed by atoms with Crippen LogP contribution >= 0.6 is 0 Å². The van der Waals surface area contributed by atoms with Crippen molar-refractivity contribution in [1.82, 2.24) is 0 Å². The molecule has 0 bridgehead atoms. The molecular formula is C18H32O6. The van der Waals surface area contributed by atoms with Crippen molar-refractivity contribution in [1.29, 1.82) is 0 Å². The summed E-state index contributed by atoms with van der Waals surface area (Å²) in [5.41, 5.74) is 0. The summed E-state index contributed by atoms with van der Waals surface area (Å²) >= 11 is 0. The van der Waals surface area contributed by atoms with E-state index in [0.717, 1.165) is 32.1 Å². The Morgan fingerprint density at radius 2 is 1.83 bits per heavy atom. The van der Waals surface area contributed by atoms with E-state index in [1.54, 1.807) is 6.08 Å². The van der Waals surface area contributed by atoms with E-state index in [2.05, 4.69) is 0 Å². The molecule has 0 aliphatic carbocycles. The highest BCUT2D eigenvalue weighted by Crippen LogP contribution is 2.27. The highest BCUT2D eigenvalue weighted by atomic mass is 16.5. The van der Waals surface area contributed by atoms with Crippen molar-refractivity contribution in [2.75, 3.05) is 0 Å². The molecule has 1 aliphatic heterocycles. The molecular weight excluding hydrogens is 312 g/mol. The van der Waals surface area contributed by atoms with E-state index in [0.29, 0.717) is 19.3 Å². The molecule has 24 heavy (non-hydrogen) atoms. The fraction of sp³-hybridized carbons (Fsp3) is 0.833. The van der Waals surface area contributed by atoms with Gasteiger partial charge in [-0.2, -0.15) is 0 Å². The maximum atomic E-state index is 10.4. The maximum Gasteiger partial charge on any atom is 0.303 e. The Labute approximate surface area is 144 Å². The Balaban J connectivity index is 2.19. The lowest BCUT2D eigenvalue weighted by atomic mass is 10.0. The number of aliphatic carboxylic acids is 1. The van der Waals surface area contributed by atoms with Gasteiger partial charge in [0, 0.05) is 12.8 Å². The second-order valence-electron chi connectivity index (χ2n) is 6.57. The van der Waals surface area contributed by atoms with Crippen LogP contribution in [0.25, 0.3) is 0 Å². The number of carbonyl (C=O) groups is 1. The first kappa shape index (κ1) is 21.1. The molecule has 0 aromatic carbocycles. The van der Waals surface area contributed by atoms with E-state index in [9.17, 15) is 20.1 Å². The van der Waals surface area contributed by atoms with Crippen molar-refractivity contribution in [2.24, 2.45) is 0 Å². The lowest BCUT2D eigenvalue weighted by Crippen LogP contribution is -2.25. The van der Waals surface area contributed by atoms with E-state index < -0.39 is 30.4 Å². The molecule has 4 N–H and O–H groups in total. The first-order valence-electron chi connectivity index (χ1n) is 9.03. The van der Waals surface area contributed by atoms with Crippen LogP contribution in [0.5, 0.6) is 0 Å². The van der Waals surface area contributed by atoms with Crippen LogP contribution in [0, 0.1) is 0 Å². The average molecular weight is 344 g/mol. The van der Waals surface area contributed by atoms with Gasteiger partial charge in [0.2, 0.25) is 0 Å². The molecule has 6 nitrogen and oxygen atoms in total. The van der Waals surface area contributed by atoms with Gasteiger partial charge in [-0.15, -0.1) is 0 Å². The quantitative estimate of drug-likeness (QED) is 0.319. The Bertz CT molecular complexity index is 384. The van der Waals surface area contributed by atoms with E-state index in [1.807, 2.05) is 6.92 Å². The van der Waals surface area contributed by atoms with Crippen molar-refractivity contribution >= 4 is 5.97 Å². The van der Waals surface area contributed by atoms with Gasteiger partial charge in [-0.25, -0.2) is 0 Å². The Morgan fingerprint density at radius 3 is 2.50 bits per heavy atom. The molecule has 5 atom stereocenters. The predicted octanol–water partition coefficient (Wildman–Crippen LogP) is 2.01. The molecule has 0 aromatic rings. The molecule has 0 aromatic heterocycles. The van der Waals surface area contributed by atoms with Gasteiger partial charge in [-0.1, -0.05) is 44.8 Å². The summed E-state index contributed by atoms with van der Waals surface area (Å²) in [6.07, 6.45) is 6.93. The number of carboxylic acids is 1. The smallest absolute Gasteiger partial charge is 0.303 e. The van der Waals surface area contributed by atoms with Crippen molar-refractivity contribution in [3.63, 3.8) is 0 Å². The molecule has 1 fully saturated rings. The first-order valence-corrected chi connectivity index (χ1v) is 9.03. The topological polar surface area (TPSA) is 107 Å². The molecule has 1 rings (SSSR count). The SMILES string of the molecule is CC[C@H](O)/C=C/[C@@H](O)[C@@H]1C[C@@H](O)[C@@H](CCCCCCCC(=O)O)O1. The van der Waals surface area contributed by atoms with Crippen molar-refractivity contribution in [3.8, 4) is 0 Å². The molecule has 6 heteroatoms. The monoisotopic (exact) mass is 344 g/mol. The second-order valence-corrected chi connectivity index (χ2v) is 6.57. The van der Waals surface area contributed by atoms with Crippen LogP contribution in [0.15, 0.2) is 12.2 Å². The number of aliphatic hydroxyl groups is 3. The van der Waals surface area contributed by atoms with Gasteiger partial charge in [0.25, 0.3) is 0 Å². The third-order valence-corrected chi connectivity index (χ3v) is 4.46. The van der Waals surface area contributed by atoms with Gasteiger partial charge < -0.3 is 25.2 Å². The number of rotatable bonds is 12. The predicted molar refractivity (Wildman–Crippen MR) is 90.7 cm³/mol. The Morgan fingerprint density at radius 1 is 1.17 bits per heavy atom. The third-order valence-electron chi connectivity index (χ3n) is 4.46. The minimum absolute atomic E-state index is 0.226. The van der Waals surface area contributed by atoms with E-state index >= 15 is 0 Å². The van der Waals surface area contributed by atoms with Gasteiger partial charge in [-0.3, -0.25) is 4.79 Å². The van der Waals surface area contributed by atoms with Crippen molar-refractivity contribution in [3.05, 3.63) is 12.2 Å². The Hall–Kier alpha value is -0.950. The summed E-state index contributed by atoms with van der Waals surface area (Å²) in [6, 6.07) is 0. The summed E-state index contributed by atoms with van der Waals surface area (Å²) in [7, 11) is 0. The van der Waals surface area contributed by atoms with Crippen LogP contribution < -0.4 is 0 Å². The summed E-state index contributed by atoms with van der Waals surface area (Å²) in [6.45, 7) is 1.86. The van der Waals surface area contributed by atoms with E-state index in [1.165, 1.54) is 6.08 Å². The largest absolute Gasteiger partial charge is 0.481 e.